The van der Waals surface area contributed by atoms with Crippen LogP contribution in [0.3, 0.4) is 0 Å². The summed E-state index contributed by atoms with van der Waals surface area (Å²) >= 11 is 1.84. The molecule has 1 aromatic heterocycles. The molecule has 1 saturated carbocycles. The summed E-state index contributed by atoms with van der Waals surface area (Å²) in [6.07, 6.45) is 5.82. The third-order valence-corrected chi connectivity index (χ3v) is 5.59. The van der Waals surface area contributed by atoms with Gasteiger partial charge in [0.05, 0.1) is 0 Å². The van der Waals surface area contributed by atoms with Gasteiger partial charge >= 0.3 is 0 Å². The summed E-state index contributed by atoms with van der Waals surface area (Å²) in [5.41, 5.74) is 2.97. The molecule has 4 nitrogen and oxygen atoms in total. The van der Waals surface area contributed by atoms with E-state index in [9.17, 15) is 5.11 Å². The summed E-state index contributed by atoms with van der Waals surface area (Å²) < 4.78 is 2.16. The number of aryl methyl sites for hydroxylation is 1. The second-order valence-corrected chi connectivity index (χ2v) is 7.18. The molecule has 1 unspecified atom stereocenters. The van der Waals surface area contributed by atoms with Crippen LogP contribution in [0, 0.1) is 0 Å². The monoisotopic (exact) mass is 301 g/mol. The number of hydrogen-bond acceptors (Lipinski definition) is 4. The number of thioether (sulfide) groups is 1. The Bertz CT molecular complexity index is 651. The van der Waals surface area contributed by atoms with E-state index < -0.39 is 0 Å². The number of aliphatic hydroxyl groups excluding tert-OH is 1. The lowest BCUT2D eigenvalue weighted by molar-refractivity contribution is 0.263. The Balaban J connectivity index is 1.54. The summed E-state index contributed by atoms with van der Waals surface area (Å²) in [6.45, 7) is -0.0163. The summed E-state index contributed by atoms with van der Waals surface area (Å²) in [4.78, 5) is 0. The van der Waals surface area contributed by atoms with Crippen molar-refractivity contribution in [2.45, 2.75) is 55.2 Å². The molecule has 1 fully saturated rings. The molecule has 1 N–H and O–H groups in total. The van der Waals surface area contributed by atoms with E-state index >= 15 is 0 Å². The molecule has 0 saturated heterocycles. The van der Waals surface area contributed by atoms with E-state index in [0.29, 0.717) is 11.3 Å². The van der Waals surface area contributed by atoms with Gasteiger partial charge < -0.3 is 9.67 Å². The molecule has 2 aromatic rings. The van der Waals surface area contributed by atoms with E-state index in [-0.39, 0.29) is 6.61 Å². The molecule has 1 heterocycles. The summed E-state index contributed by atoms with van der Waals surface area (Å²) in [5, 5.41) is 19.4. The second-order valence-electron chi connectivity index (χ2n) is 5.91. The van der Waals surface area contributed by atoms with E-state index in [4.69, 9.17) is 0 Å². The van der Waals surface area contributed by atoms with Gasteiger partial charge in [0.2, 0.25) is 0 Å². The molecular weight excluding hydrogens is 282 g/mol. The Morgan fingerprint density at radius 2 is 1.95 bits per heavy atom. The van der Waals surface area contributed by atoms with Crippen molar-refractivity contribution in [2.24, 2.45) is 0 Å². The Morgan fingerprint density at radius 1 is 1.14 bits per heavy atom. The van der Waals surface area contributed by atoms with Crippen LogP contribution in [-0.4, -0.2) is 25.1 Å². The molecule has 0 amide bonds. The first-order valence-corrected chi connectivity index (χ1v) is 8.51. The van der Waals surface area contributed by atoms with Gasteiger partial charge in [-0.1, -0.05) is 36.0 Å². The second kappa shape index (κ2) is 5.46. The highest BCUT2D eigenvalue weighted by molar-refractivity contribution is 7.99. The molecule has 21 heavy (non-hydrogen) atoms. The van der Waals surface area contributed by atoms with E-state index in [0.717, 1.165) is 23.8 Å². The number of nitrogens with zero attached hydrogens (tertiary/aromatic N) is 3. The third-order valence-electron chi connectivity index (χ3n) is 4.36. The van der Waals surface area contributed by atoms with Crippen molar-refractivity contribution in [2.75, 3.05) is 0 Å². The largest absolute Gasteiger partial charge is 0.388 e. The Kier molecular flexibility index (Phi) is 3.47. The Morgan fingerprint density at radius 3 is 2.71 bits per heavy atom. The molecule has 0 bridgehead atoms. The van der Waals surface area contributed by atoms with Gasteiger partial charge in [0.25, 0.3) is 0 Å². The van der Waals surface area contributed by atoms with Crippen molar-refractivity contribution in [3.05, 3.63) is 41.2 Å². The quantitative estimate of drug-likeness (QED) is 0.943. The van der Waals surface area contributed by atoms with Gasteiger partial charge in [-0.05, 0) is 43.2 Å². The molecule has 2 aliphatic carbocycles. The predicted molar refractivity (Wildman–Crippen MR) is 82.3 cm³/mol. The summed E-state index contributed by atoms with van der Waals surface area (Å²) in [6, 6.07) is 9.26. The average molecular weight is 301 g/mol. The van der Waals surface area contributed by atoms with Gasteiger partial charge in [0.1, 0.15) is 6.61 Å². The molecule has 0 aliphatic heterocycles. The maximum Gasteiger partial charge on any atom is 0.191 e. The highest BCUT2D eigenvalue weighted by atomic mass is 32.2. The summed E-state index contributed by atoms with van der Waals surface area (Å²) in [7, 11) is 0. The van der Waals surface area contributed by atoms with Crippen LogP contribution in [0.1, 0.15) is 42.3 Å². The number of hydrogen-bond donors (Lipinski definition) is 1. The zero-order chi connectivity index (χ0) is 14.2. The molecule has 110 valence electrons. The minimum absolute atomic E-state index is 0.0163. The number of fused-ring (bicyclic) bond motifs is 1. The van der Waals surface area contributed by atoms with Crippen molar-refractivity contribution in [3.8, 4) is 0 Å². The van der Waals surface area contributed by atoms with Crippen LogP contribution in [0.5, 0.6) is 0 Å². The van der Waals surface area contributed by atoms with Crippen LogP contribution in [0.4, 0.5) is 0 Å². The lowest BCUT2D eigenvalue weighted by Gasteiger charge is -2.23. The van der Waals surface area contributed by atoms with Crippen molar-refractivity contribution in [3.63, 3.8) is 0 Å². The zero-order valence-electron chi connectivity index (χ0n) is 11.9. The fourth-order valence-electron chi connectivity index (χ4n) is 3.11. The van der Waals surface area contributed by atoms with E-state index in [2.05, 4.69) is 39.0 Å². The topological polar surface area (TPSA) is 50.9 Å². The fourth-order valence-corrected chi connectivity index (χ4v) is 4.36. The van der Waals surface area contributed by atoms with Crippen LogP contribution in [0.25, 0.3) is 0 Å². The SMILES string of the molecule is OCc1nnc(SC2CCc3ccccc3C2)n1C1CC1. The van der Waals surface area contributed by atoms with Crippen LogP contribution < -0.4 is 0 Å². The molecule has 1 atom stereocenters. The van der Waals surface area contributed by atoms with Crippen LogP contribution in [0.2, 0.25) is 0 Å². The highest BCUT2D eigenvalue weighted by Gasteiger charge is 2.31. The van der Waals surface area contributed by atoms with Gasteiger partial charge in [-0.15, -0.1) is 10.2 Å². The van der Waals surface area contributed by atoms with E-state index in [1.54, 1.807) is 0 Å². The van der Waals surface area contributed by atoms with Crippen molar-refractivity contribution in [1.29, 1.82) is 0 Å². The lowest BCUT2D eigenvalue weighted by Crippen LogP contribution is -2.17. The van der Waals surface area contributed by atoms with Crippen LogP contribution in [-0.2, 0) is 19.4 Å². The number of aliphatic hydroxyl groups is 1. The minimum Gasteiger partial charge on any atom is -0.388 e. The van der Waals surface area contributed by atoms with Crippen LogP contribution >= 0.6 is 11.8 Å². The Labute approximate surface area is 128 Å². The number of rotatable bonds is 4. The molecule has 0 radical (unpaired) electrons. The van der Waals surface area contributed by atoms with Crippen LogP contribution in [0.15, 0.2) is 29.4 Å². The maximum absolute atomic E-state index is 9.41. The normalized spacial score (nSPS) is 21.3. The molecular formula is C16H19N3OS. The van der Waals surface area contributed by atoms with Gasteiger partial charge in [-0.25, -0.2) is 0 Å². The minimum atomic E-state index is -0.0163. The number of benzene rings is 1. The Hall–Kier alpha value is -1.33. The fraction of sp³-hybridized carbons (Fsp3) is 0.500. The predicted octanol–water partition coefficient (Wildman–Crippen LogP) is 2.75. The zero-order valence-corrected chi connectivity index (χ0v) is 12.7. The first-order chi connectivity index (χ1) is 10.3. The number of aromatic nitrogens is 3. The molecule has 5 heteroatoms. The van der Waals surface area contributed by atoms with Gasteiger partial charge in [-0.2, -0.15) is 0 Å². The smallest absolute Gasteiger partial charge is 0.191 e. The molecule has 2 aliphatic rings. The standard InChI is InChI=1S/C16H19N3OS/c20-10-15-17-18-16(19(15)13-6-7-13)21-14-8-5-11-3-1-2-4-12(11)9-14/h1-4,13-14,20H,5-10H2. The van der Waals surface area contributed by atoms with Gasteiger partial charge in [0.15, 0.2) is 11.0 Å². The van der Waals surface area contributed by atoms with Gasteiger partial charge in [-0.3, -0.25) is 0 Å². The molecule has 0 spiro atoms. The first kappa shape index (κ1) is 13.3. The third kappa shape index (κ3) is 2.60. The maximum atomic E-state index is 9.41. The van der Waals surface area contributed by atoms with E-state index in [1.165, 1.54) is 30.4 Å². The summed E-state index contributed by atoms with van der Waals surface area (Å²) in [5.74, 6) is 0.719. The van der Waals surface area contributed by atoms with Crippen molar-refractivity contribution < 1.29 is 5.11 Å². The average Bonchev–Trinajstić information content (AvgIpc) is 3.28. The first-order valence-electron chi connectivity index (χ1n) is 7.63. The highest BCUT2D eigenvalue weighted by Crippen LogP contribution is 2.41. The van der Waals surface area contributed by atoms with Gasteiger partial charge in [0, 0.05) is 11.3 Å². The van der Waals surface area contributed by atoms with E-state index in [1.807, 2.05) is 11.8 Å². The lowest BCUT2D eigenvalue weighted by atomic mass is 9.92. The molecule has 4 rings (SSSR count). The van der Waals surface area contributed by atoms with Crippen molar-refractivity contribution in [1.82, 2.24) is 14.8 Å². The molecule has 1 aromatic carbocycles. The van der Waals surface area contributed by atoms with Crippen molar-refractivity contribution >= 4 is 11.8 Å².